The van der Waals surface area contributed by atoms with Gasteiger partial charge >= 0.3 is 6.03 Å². The van der Waals surface area contributed by atoms with Gasteiger partial charge in [0, 0.05) is 34.3 Å². The van der Waals surface area contributed by atoms with E-state index >= 15 is 0 Å². The number of nitro benzene ring substituents is 1. The number of carbonyl (C=O) groups excluding carboxylic acids is 1. The maximum Gasteiger partial charge on any atom is 0.324 e. The molecule has 1 aromatic heterocycles. The fourth-order valence-corrected chi connectivity index (χ4v) is 2.69. The van der Waals surface area contributed by atoms with E-state index < -0.39 is 11.0 Å². The van der Waals surface area contributed by atoms with E-state index in [9.17, 15) is 14.9 Å². The molecule has 2 aromatic carbocycles. The Morgan fingerprint density at radius 1 is 1.07 bits per heavy atom. The summed E-state index contributed by atoms with van der Waals surface area (Å²) in [5.41, 5.74) is 1.66. The van der Waals surface area contributed by atoms with Crippen molar-refractivity contribution < 1.29 is 9.72 Å². The number of benzene rings is 2. The SMILES string of the molecule is CC(C)(C)c1cc(NC(=O)Nc2ccc(Cl)cc2)n(-c2ccc([N+](=O)[O-])cc2)n1. The van der Waals surface area contributed by atoms with Crippen LogP contribution >= 0.6 is 11.6 Å². The molecule has 0 aliphatic rings. The van der Waals surface area contributed by atoms with Crippen molar-refractivity contribution in [2.75, 3.05) is 10.6 Å². The molecule has 2 amide bonds. The Kier molecular flexibility index (Phi) is 5.56. The molecule has 2 N–H and O–H groups in total. The van der Waals surface area contributed by atoms with Crippen molar-refractivity contribution in [3.63, 3.8) is 0 Å². The third-order valence-electron chi connectivity index (χ3n) is 4.13. The average molecular weight is 414 g/mol. The maximum atomic E-state index is 12.5. The van der Waals surface area contributed by atoms with Crippen LogP contribution in [-0.2, 0) is 5.41 Å². The van der Waals surface area contributed by atoms with Crippen molar-refractivity contribution >= 4 is 34.8 Å². The predicted octanol–water partition coefficient (Wildman–Crippen LogP) is 5.38. The standard InChI is InChI=1S/C20H20ClN5O3/c1-20(2,3)17-12-18(23-19(27)22-14-6-4-13(21)5-7-14)25(24-17)15-8-10-16(11-9-15)26(28)29/h4-12H,1-3H3,(H2,22,23,27). The molecule has 0 spiro atoms. The molecule has 9 heteroatoms. The van der Waals surface area contributed by atoms with Gasteiger partial charge in [0.15, 0.2) is 0 Å². The van der Waals surface area contributed by atoms with Gasteiger partial charge < -0.3 is 5.32 Å². The Hall–Kier alpha value is -3.39. The Balaban J connectivity index is 1.90. The zero-order chi connectivity index (χ0) is 21.2. The smallest absolute Gasteiger partial charge is 0.308 e. The molecule has 3 rings (SSSR count). The molecule has 0 unspecified atom stereocenters. The number of urea groups is 1. The monoisotopic (exact) mass is 413 g/mol. The Morgan fingerprint density at radius 2 is 1.69 bits per heavy atom. The minimum Gasteiger partial charge on any atom is -0.308 e. The lowest BCUT2D eigenvalue weighted by atomic mass is 9.92. The topological polar surface area (TPSA) is 102 Å². The summed E-state index contributed by atoms with van der Waals surface area (Å²) in [6, 6.07) is 14.0. The molecule has 0 radical (unpaired) electrons. The molecule has 3 aromatic rings. The number of rotatable bonds is 4. The summed E-state index contributed by atoms with van der Waals surface area (Å²) in [5, 5.41) is 21.6. The number of carbonyl (C=O) groups is 1. The van der Waals surface area contributed by atoms with Crippen molar-refractivity contribution in [3.05, 3.63) is 75.4 Å². The first kappa shape index (κ1) is 20.3. The lowest BCUT2D eigenvalue weighted by Crippen LogP contribution is -2.21. The van der Waals surface area contributed by atoms with Gasteiger partial charge in [0.2, 0.25) is 0 Å². The van der Waals surface area contributed by atoms with Gasteiger partial charge in [-0.3, -0.25) is 15.4 Å². The lowest BCUT2D eigenvalue weighted by molar-refractivity contribution is -0.384. The van der Waals surface area contributed by atoms with Crippen LogP contribution < -0.4 is 10.6 Å². The minimum absolute atomic E-state index is 0.0214. The summed E-state index contributed by atoms with van der Waals surface area (Å²) in [4.78, 5) is 22.9. The van der Waals surface area contributed by atoms with Gasteiger partial charge in [-0.25, -0.2) is 9.48 Å². The Labute approximate surface area is 172 Å². The lowest BCUT2D eigenvalue weighted by Gasteiger charge is -2.14. The number of amides is 2. The number of non-ortho nitro benzene ring substituents is 1. The van der Waals surface area contributed by atoms with Gasteiger partial charge in [-0.2, -0.15) is 5.10 Å². The van der Waals surface area contributed by atoms with Gasteiger partial charge in [-0.05, 0) is 36.4 Å². The summed E-state index contributed by atoms with van der Waals surface area (Å²) in [6.07, 6.45) is 0. The number of aromatic nitrogens is 2. The molecule has 29 heavy (non-hydrogen) atoms. The van der Waals surface area contributed by atoms with Crippen LogP contribution in [0.15, 0.2) is 54.6 Å². The molecule has 0 atom stereocenters. The van der Waals surface area contributed by atoms with Gasteiger partial charge in [0.25, 0.3) is 5.69 Å². The van der Waals surface area contributed by atoms with E-state index in [1.165, 1.54) is 12.1 Å². The molecule has 0 saturated carbocycles. The summed E-state index contributed by atoms with van der Waals surface area (Å²) in [6.45, 7) is 6.02. The van der Waals surface area contributed by atoms with E-state index in [0.29, 0.717) is 22.2 Å². The third-order valence-corrected chi connectivity index (χ3v) is 4.38. The molecule has 150 valence electrons. The number of hydrogen-bond donors (Lipinski definition) is 2. The van der Waals surface area contributed by atoms with Crippen LogP contribution in [0.2, 0.25) is 5.02 Å². The summed E-state index contributed by atoms with van der Waals surface area (Å²) < 4.78 is 1.55. The summed E-state index contributed by atoms with van der Waals surface area (Å²) in [7, 11) is 0. The normalized spacial score (nSPS) is 11.2. The van der Waals surface area contributed by atoms with Crippen LogP contribution in [0.25, 0.3) is 5.69 Å². The number of nitro groups is 1. The van der Waals surface area contributed by atoms with Crippen molar-refractivity contribution in [1.29, 1.82) is 0 Å². The second-order valence-electron chi connectivity index (χ2n) is 7.44. The number of nitrogens with one attached hydrogen (secondary N) is 2. The zero-order valence-electron chi connectivity index (χ0n) is 16.1. The average Bonchev–Trinajstić information content (AvgIpc) is 3.08. The molecule has 0 aliphatic carbocycles. The highest BCUT2D eigenvalue weighted by molar-refractivity contribution is 6.30. The van der Waals surface area contributed by atoms with E-state index in [2.05, 4.69) is 15.7 Å². The highest BCUT2D eigenvalue weighted by Crippen LogP contribution is 2.27. The highest BCUT2D eigenvalue weighted by Gasteiger charge is 2.22. The third kappa shape index (κ3) is 4.91. The van der Waals surface area contributed by atoms with Crippen LogP contribution in [0.5, 0.6) is 0 Å². The largest absolute Gasteiger partial charge is 0.324 e. The van der Waals surface area contributed by atoms with Gasteiger partial charge in [0.1, 0.15) is 5.82 Å². The number of anilines is 2. The van der Waals surface area contributed by atoms with Crippen LogP contribution in [-0.4, -0.2) is 20.7 Å². The second-order valence-corrected chi connectivity index (χ2v) is 7.87. The predicted molar refractivity (Wildman–Crippen MR) is 113 cm³/mol. The summed E-state index contributed by atoms with van der Waals surface area (Å²) in [5.74, 6) is 0.440. The number of halogens is 1. The van der Waals surface area contributed by atoms with E-state index in [1.54, 1.807) is 47.1 Å². The van der Waals surface area contributed by atoms with Crippen LogP contribution in [0.4, 0.5) is 22.0 Å². The van der Waals surface area contributed by atoms with E-state index in [4.69, 9.17) is 11.6 Å². The van der Waals surface area contributed by atoms with Gasteiger partial charge in [0.05, 0.1) is 16.3 Å². The molecule has 0 aliphatic heterocycles. The van der Waals surface area contributed by atoms with E-state index in [1.807, 2.05) is 20.8 Å². The van der Waals surface area contributed by atoms with Crippen molar-refractivity contribution in [2.45, 2.75) is 26.2 Å². The first-order valence-electron chi connectivity index (χ1n) is 8.82. The van der Waals surface area contributed by atoms with Crippen molar-refractivity contribution in [2.24, 2.45) is 0 Å². The molecule has 0 saturated heterocycles. The molecule has 8 nitrogen and oxygen atoms in total. The van der Waals surface area contributed by atoms with Crippen molar-refractivity contribution in [1.82, 2.24) is 9.78 Å². The van der Waals surface area contributed by atoms with Crippen molar-refractivity contribution in [3.8, 4) is 5.69 Å². The quantitative estimate of drug-likeness (QED) is 0.443. The van der Waals surface area contributed by atoms with Crippen LogP contribution in [0, 0.1) is 10.1 Å². The zero-order valence-corrected chi connectivity index (χ0v) is 16.9. The fourth-order valence-electron chi connectivity index (χ4n) is 2.56. The first-order chi connectivity index (χ1) is 13.6. The van der Waals surface area contributed by atoms with Crippen LogP contribution in [0.3, 0.4) is 0 Å². The maximum absolute atomic E-state index is 12.5. The first-order valence-corrected chi connectivity index (χ1v) is 9.20. The minimum atomic E-state index is -0.466. The molecule has 0 bridgehead atoms. The second kappa shape index (κ2) is 7.92. The summed E-state index contributed by atoms with van der Waals surface area (Å²) >= 11 is 5.86. The molecule has 1 heterocycles. The number of hydrogen-bond acceptors (Lipinski definition) is 4. The molecular formula is C20H20ClN5O3. The van der Waals surface area contributed by atoms with Gasteiger partial charge in [-0.1, -0.05) is 32.4 Å². The van der Waals surface area contributed by atoms with E-state index in [0.717, 1.165) is 5.69 Å². The van der Waals surface area contributed by atoms with Gasteiger partial charge in [-0.15, -0.1) is 0 Å². The fraction of sp³-hybridized carbons (Fsp3) is 0.200. The Morgan fingerprint density at radius 3 is 2.24 bits per heavy atom. The van der Waals surface area contributed by atoms with E-state index in [-0.39, 0.29) is 11.1 Å². The molecule has 0 fully saturated rings. The Bertz CT molecular complexity index is 1040. The highest BCUT2D eigenvalue weighted by atomic mass is 35.5. The molecular weight excluding hydrogens is 394 g/mol. The number of nitrogens with zero attached hydrogens (tertiary/aromatic N) is 3. The van der Waals surface area contributed by atoms with Crippen LogP contribution in [0.1, 0.15) is 26.5 Å².